The minimum absolute atomic E-state index is 0.0637. The molecule has 11 nitrogen and oxygen atoms in total. The van der Waals surface area contributed by atoms with Crippen molar-refractivity contribution in [1.29, 1.82) is 0 Å². The van der Waals surface area contributed by atoms with Crippen LogP contribution in [0.3, 0.4) is 0 Å². The number of aliphatic carboxylic acids is 1. The molecule has 1 saturated heterocycles. The number of hydrogen-bond donors (Lipinski definition) is 2. The van der Waals surface area contributed by atoms with E-state index in [1.807, 2.05) is 91.0 Å². The first-order chi connectivity index (χ1) is 22.0. The molecule has 2 amide bonds. The summed E-state index contributed by atoms with van der Waals surface area (Å²) in [7, 11) is 0. The normalized spacial score (nSPS) is 16.3. The Morgan fingerprint density at radius 1 is 1.00 bits per heavy atom. The maximum atomic E-state index is 12.8. The van der Waals surface area contributed by atoms with E-state index in [0.717, 1.165) is 22.9 Å². The summed E-state index contributed by atoms with van der Waals surface area (Å²) in [5.41, 5.74) is 4.03. The Labute approximate surface area is 271 Å². The molecule has 0 bridgehead atoms. The van der Waals surface area contributed by atoms with Crippen molar-refractivity contribution in [2.45, 2.75) is 22.4 Å². The number of amides is 2. The number of thioether (sulfide) groups is 3. The van der Waals surface area contributed by atoms with Crippen LogP contribution in [0, 0.1) is 0 Å². The van der Waals surface area contributed by atoms with Gasteiger partial charge in [0.1, 0.15) is 16.9 Å². The van der Waals surface area contributed by atoms with Crippen LogP contribution in [0.4, 0.5) is 0 Å². The van der Waals surface area contributed by atoms with Crippen LogP contribution in [0.5, 0.6) is 0 Å². The molecule has 1 fully saturated rings. The fraction of sp³-hybridized carbons (Fsp3) is 0.161. The second kappa shape index (κ2) is 13.6. The first-order valence-electron chi connectivity index (χ1n) is 13.7. The van der Waals surface area contributed by atoms with Gasteiger partial charge in [0.2, 0.25) is 11.5 Å². The minimum atomic E-state index is -1.12. The van der Waals surface area contributed by atoms with Crippen molar-refractivity contribution in [2.24, 2.45) is 5.16 Å². The molecular weight excluding hydrogens is 633 g/mol. The van der Waals surface area contributed by atoms with E-state index in [-0.39, 0.29) is 17.0 Å². The molecule has 3 aromatic carbocycles. The molecule has 2 aliphatic heterocycles. The first-order valence-corrected chi connectivity index (χ1v) is 16.7. The molecule has 0 spiro atoms. The number of rotatable bonds is 12. The van der Waals surface area contributed by atoms with Crippen LogP contribution in [0.2, 0.25) is 0 Å². The number of β-lactam (4-membered cyclic amide) rings is 1. The van der Waals surface area contributed by atoms with E-state index in [2.05, 4.69) is 20.9 Å². The van der Waals surface area contributed by atoms with Crippen LogP contribution in [-0.2, 0) is 24.8 Å². The molecule has 2 N–H and O–H groups in total. The Bertz CT molecular complexity index is 1650. The summed E-state index contributed by atoms with van der Waals surface area (Å²) in [6.07, 6.45) is 2.95. The zero-order chi connectivity index (χ0) is 31.2. The molecule has 0 radical (unpaired) electrons. The zero-order valence-electron chi connectivity index (χ0n) is 23.6. The summed E-state index contributed by atoms with van der Waals surface area (Å²) in [6.45, 7) is 0. The molecule has 1 unspecified atom stereocenters. The fourth-order valence-corrected chi connectivity index (χ4v) is 8.53. The van der Waals surface area contributed by atoms with Gasteiger partial charge in [0.05, 0.1) is 23.1 Å². The predicted octanol–water partition coefficient (Wildman–Crippen LogP) is 4.73. The number of carbonyl (C=O) groups is 3. The van der Waals surface area contributed by atoms with Gasteiger partial charge in [-0.3, -0.25) is 14.5 Å². The van der Waals surface area contributed by atoms with Crippen molar-refractivity contribution >= 4 is 59.3 Å². The number of oxime groups is 1. The van der Waals surface area contributed by atoms with Crippen molar-refractivity contribution in [3.05, 3.63) is 124 Å². The molecule has 4 aromatic rings. The lowest BCUT2D eigenvalue weighted by Crippen LogP contribution is -2.53. The van der Waals surface area contributed by atoms with Crippen LogP contribution in [-0.4, -0.2) is 65.3 Å². The number of carbonyl (C=O) groups excluding carboxylic acids is 2. The number of carboxylic acid groups (broad SMARTS) is 1. The molecule has 228 valence electrons. The molecule has 0 saturated carbocycles. The number of carboxylic acids is 1. The van der Waals surface area contributed by atoms with Gasteiger partial charge in [-0.2, -0.15) is 4.79 Å². The van der Waals surface area contributed by atoms with E-state index in [9.17, 15) is 19.5 Å². The highest BCUT2D eigenvalue weighted by Crippen LogP contribution is 2.44. The number of benzene rings is 3. The Kier molecular flexibility index (Phi) is 9.23. The Morgan fingerprint density at radius 2 is 1.60 bits per heavy atom. The standard InChI is InChI=1S/C31H26N6O5S3/c38-25(34-36-18-26(33-35-36)45-20-44-24-19-43-28-16-27(39)37(28)29(24)30(40)41)17-32-42-31(21-10-4-1-5-11-21,22-12-6-2-7-13-22)23-14-8-3-9-15-23/h1-15,17-18,28H,16,19-20H2,(H,34,38)(H,40,41)/b32-17+. The fourth-order valence-electron chi connectivity index (χ4n) is 5.00. The third kappa shape index (κ3) is 6.48. The molecular formula is C31H26N6O5S3. The number of aromatic nitrogens is 3. The van der Waals surface area contributed by atoms with Gasteiger partial charge in [0, 0.05) is 27.3 Å². The zero-order valence-corrected chi connectivity index (χ0v) is 26.0. The number of hydrogen-bond acceptors (Lipinski definition) is 10. The maximum Gasteiger partial charge on any atom is 0.353 e. The number of fused-ring (bicyclic) bond motifs is 1. The SMILES string of the molecule is O=C(/C=N/OC(c1ccccc1)(c1ccccc1)c1ccccc1)Nn1cc(SCSC2=C(C(=O)O)N3C(=O)CC3SC2)nn1. The largest absolute Gasteiger partial charge is 0.477 e. The molecule has 1 atom stereocenters. The second-order valence-electron chi connectivity index (χ2n) is 9.80. The average Bonchev–Trinajstić information content (AvgIpc) is 3.50. The van der Waals surface area contributed by atoms with Gasteiger partial charge in [0.15, 0.2) is 0 Å². The van der Waals surface area contributed by atoms with Gasteiger partial charge in [-0.25, -0.2) is 10.2 Å². The average molecular weight is 659 g/mol. The van der Waals surface area contributed by atoms with Gasteiger partial charge in [-0.15, -0.1) is 28.6 Å². The topological polar surface area (TPSA) is 139 Å². The minimum Gasteiger partial charge on any atom is -0.477 e. The summed E-state index contributed by atoms with van der Waals surface area (Å²) in [5, 5.41) is 22.7. The van der Waals surface area contributed by atoms with Crippen molar-refractivity contribution in [3.8, 4) is 0 Å². The van der Waals surface area contributed by atoms with E-state index in [1.165, 1.54) is 39.4 Å². The quantitative estimate of drug-likeness (QED) is 0.0549. The van der Waals surface area contributed by atoms with Gasteiger partial charge >= 0.3 is 5.97 Å². The Balaban J connectivity index is 1.12. The highest BCUT2D eigenvalue weighted by atomic mass is 32.2. The van der Waals surface area contributed by atoms with Crippen LogP contribution in [0.15, 0.2) is 118 Å². The lowest BCUT2D eigenvalue weighted by atomic mass is 9.80. The number of nitrogens with one attached hydrogen (secondary N) is 1. The molecule has 1 aromatic heterocycles. The van der Waals surface area contributed by atoms with Crippen molar-refractivity contribution in [1.82, 2.24) is 20.0 Å². The molecule has 2 aliphatic rings. The van der Waals surface area contributed by atoms with Crippen LogP contribution < -0.4 is 5.43 Å². The highest BCUT2D eigenvalue weighted by Gasteiger charge is 2.45. The molecule has 0 aliphatic carbocycles. The Morgan fingerprint density at radius 3 is 2.16 bits per heavy atom. The second-order valence-corrected chi connectivity index (χ2v) is 13.4. The predicted molar refractivity (Wildman–Crippen MR) is 174 cm³/mol. The summed E-state index contributed by atoms with van der Waals surface area (Å²) >= 11 is 4.23. The summed E-state index contributed by atoms with van der Waals surface area (Å²) in [4.78, 5) is 46.0. The van der Waals surface area contributed by atoms with Crippen molar-refractivity contribution < 1.29 is 24.3 Å². The maximum absolute atomic E-state index is 12.8. The highest BCUT2D eigenvalue weighted by molar-refractivity contribution is 8.18. The van der Waals surface area contributed by atoms with E-state index in [1.54, 1.807) is 11.8 Å². The smallest absolute Gasteiger partial charge is 0.353 e. The van der Waals surface area contributed by atoms with Gasteiger partial charge < -0.3 is 9.94 Å². The molecule has 45 heavy (non-hydrogen) atoms. The Hall–Kier alpha value is -4.53. The molecule has 3 heterocycles. The van der Waals surface area contributed by atoms with Gasteiger partial charge in [0.25, 0.3) is 5.91 Å². The van der Waals surface area contributed by atoms with Gasteiger partial charge in [-0.05, 0) is 5.21 Å². The summed E-state index contributed by atoms with van der Waals surface area (Å²) in [6, 6.07) is 29.0. The van der Waals surface area contributed by atoms with E-state index >= 15 is 0 Å². The summed E-state index contributed by atoms with van der Waals surface area (Å²) in [5.74, 6) is -1.33. The van der Waals surface area contributed by atoms with Crippen LogP contribution >= 0.6 is 35.3 Å². The third-order valence-electron chi connectivity index (χ3n) is 7.06. The summed E-state index contributed by atoms with van der Waals surface area (Å²) < 4.78 is 0. The van der Waals surface area contributed by atoms with E-state index < -0.39 is 17.5 Å². The molecule has 14 heteroatoms. The third-order valence-corrected chi connectivity index (χ3v) is 10.6. The van der Waals surface area contributed by atoms with Gasteiger partial charge in [-0.1, -0.05) is 108 Å². The van der Waals surface area contributed by atoms with Crippen molar-refractivity contribution in [2.75, 3.05) is 16.3 Å². The van der Waals surface area contributed by atoms with E-state index in [0.29, 0.717) is 27.2 Å². The van der Waals surface area contributed by atoms with Crippen LogP contribution in [0.25, 0.3) is 0 Å². The van der Waals surface area contributed by atoms with Crippen molar-refractivity contribution in [3.63, 3.8) is 0 Å². The number of nitrogens with zero attached hydrogens (tertiary/aromatic N) is 5. The first kappa shape index (κ1) is 30.5. The van der Waals surface area contributed by atoms with E-state index in [4.69, 9.17) is 4.84 Å². The lowest BCUT2D eigenvalue weighted by Gasteiger charge is -2.43. The monoisotopic (exact) mass is 658 g/mol. The lowest BCUT2D eigenvalue weighted by molar-refractivity contribution is -0.146. The molecule has 6 rings (SSSR count). The van der Waals surface area contributed by atoms with Crippen LogP contribution in [0.1, 0.15) is 23.1 Å².